The quantitative estimate of drug-likeness (QED) is 0.439. The second-order valence-corrected chi connectivity index (χ2v) is 4.50. The maximum absolute atomic E-state index is 11.9. The average Bonchev–Trinajstić information content (AvgIpc) is 2.55. The summed E-state index contributed by atoms with van der Waals surface area (Å²) >= 11 is 0. The summed E-state index contributed by atoms with van der Waals surface area (Å²) in [5.74, 6) is -4.92. The minimum absolute atomic E-state index is 0.0114. The van der Waals surface area contributed by atoms with Gasteiger partial charge in [0.15, 0.2) is 0 Å². The monoisotopic (exact) mass is 329 g/mol. The van der Waals surface area contributed by atoms with Crippen molar-refractivity contribution in [3.63, 3.8) is 0 Å². The first kappa shape index (κ1) is 16.8. The van der Waals surface area contributed by atoms with Gasteiger partial charge in [0.25, 0.3) is 5.91 Å². The van der Waals surface area contributed by atoms with E-state index in [1.165, 1.54) is 32.7 Å². The molecule has 10 nitrogen and oxygen atoms in total. The molecule has 122 valence electrons. The molecule has 1 N–H and O–H groups in total. The molecular formula is C14H11N5O5. The molecule has 0 radical (unpaired) electrons. The third-order valence-corrected chi connectivity index (χ3v) is 2.89. The summed E-state index contributed by atoms with van der Waals surface area (Å²) < 4.78 is 4.39. The first-order valence-corrected chi connectivity index (χ1v) is 6.55. The van der Waals surface area contributed by atoms with E-state index < -0.39 is 23.8 Å². The molecule has 0 aliphatic heterocycles. The SMILES string of the molecule is Cc1ncncc1C(=O)NC(=O)C(=O)OC(=O)c1cncnc1C. The van der Waals surface area contributed by atoms with Crippen LogP contribution in [-0.2, 0) is 14.3 Å². The molecule has 2 amide bonds. The van der Waals surface area contributed by atoms with Gasteiger partial charge in [-0.2, -0.15) is 0 Å². The number of nitrogens with zero attached hydrogens (tertiary/aromatic N) is 4. The molecule has 2 aromatic heterocycles. The van der Waals surface area contributed by atoms with Crippen LogP contribution >= 0.6 is 0 Å². The number of hydrogen-bond donors (Lipinski definition) is 1. The van der Waals surface area contributed by atoms with Crippen LogP contribution in [-0.4, -0.2) is 43.7 Å². The highest BCUT2D eigenvalue weighted by Gasteiger charge is 2.25. The van der Waals surface area contributed by atoms with Crippen LogP contribution in [0.3, 0.4) is 0 Å². The van der Waals surface area contributed by atoms with Gasteiger partial charge in [0.05, 0.1) is 22.5 Å². The molecule has 0 atom stereocenters. The fourth-order valence-electron chi connectivity index (χ4n) is 1.61. The number of nitrogens with one attached hydrogen (secondary N) is 1. The number of imide groups is 1. The maximum Gasteiger partial charge on any atom is 0.405 e. The number of aryl methyl sites for hydroxylation is 2. The average molecular weight is 329 g/mol. The summed E-state index contributed by atoms with van der Waals surface area (Å²) in [6.07, 6.45) is 4.77. The summed E-state index contributed by atoms with van der Waals surface area (Å²) in [5.41, 5.74) is 0.530. The number of amides is 2. The van der Waals surface area contributed by atoms with Crippen molar-refractivity contribution in [2.24, 2.45) is 0 Å². The van der Waals surface area contributed by atoms with Gasteiger partial charge >= 0.3 is 17.8 Å². The predicted molar refractivity (Wildman–Crippen MR) is 76.4 cm³/mol. The van der Waals surface area contributed by atoms with Crippen LogP contribution in [0.5, 0.6) is 0 Å². The van der Waals surface area contributed by atoms with Crippen molar-refractivity contribution in [3.05, 3.63) is 47.6 Å². The molecule has 0 saturated carbocycles. The number of ether oxygens (including phenoxy) is 1. The zero-order chi connectivity index (χ0) is 17.7. The molecule has 0 bridgehead atoms. The molecule has 0 aromatic carbocycles. The zero-order valence-corrected chi connectivity index (χ0v) is 12.6. The van der Waals surface area contributed by atoms with Gasteiger partial charge in [-0.25, -0.2) is 29.5 Å². The molecule has 0 aliphatic rings. The zero-order valence-electron chi connectivity index (χ0n) is 12.6. The highest BCUT2D eigenvalue weighted by molar-refractivity contribution is 6.38. The Morgan fingerprint density at radius 1 is 0.917 bits per heavy atom. The van der Waals surface area contributed by atoms with Gasteiger partial charge in [-0.05, 0) is 13.8 Å². The van der Waals surface area contributed by atoms with Crippen molar-refractivity contribution in [2.45, 2.75) is 13.8 Å². The van der Waals surface area contributed by atoms with E-state index in [1.807, 2.05) is 0 Å². The second-order valence-electron chi connectivity index (χ2n) is 4.50. The summed E-state index contributed by atoms with van der Waals surface area (Å²) in [6.45, 7) is 3.03. The Labute approximate surface area is 135 Å². The lowest BCUT2D eigenvalue weighted by atomic mass is 10.2. The summed E-state index contributed by atoms with van der Waals surface area (Å²) in [6, 6.07) is 0. The Bertz CT molecular complexity index is 766. The summed E-state index contributed by atoms with van der Waals surface area (Å²) in [7, 11) is 0. The molecule has 0 spiro atoms. The van der Waals surface area contributed by atoms with E-state index >= 15 is 0 Å². The highest BCUT2D eigenvalue weighted by Crippen LogP contribution is 2.05. The van der Waals surface area contributed by atoms with E-state index in [4.69, 9.17) is 0 Å². The van der Waals surface area contributed by atoms with Crippen molar-refractivity contribution >= 4 is 23.8 Å². The number of carbonyl (C=O) groups excluding carboxylic acids is 4. The van der Waals surface area contributed by atoms with Crippen molar-refractivity contribution in [2.75, 3.05) is 0 Å². The molecule has 0 fully saturated rings. The molecule has 0 saturated heterocycles. The van der Waals surface area contributed by atoms with Crippen LogP contribution in [0, 0.1) is 13.8 Å². The van der Waals surface area contributed by atoms with E-state index in [1.54, 1.807) is 5.32 Å². The maximum atomic E-state index is 11.9. The lowest BCUT2D eigenvalue weighted by molar-refractivity contribution is -0.150. The van der Waals surface area contributed by atoms with E-state index in [2.05, 4.69) is 24.7 Å². The van der Waals surface area contributed by atoms with Gasteiger partial charge in [-0.15, -0.1) is 0 Å². The van der Waals surface area contributed by atoms with Gasteiger partial charge in [-0.1, -0.05) is 0 Å². The van der Waals surface area contributed by atoms with Gasteiger partial charge in [0.2, 0.25) is 0 Å². The van der Waals surface area contributed by atoms with Crippen LogP contribution in [0.15, 0.2) is 25.0 Å². The highest BCUT2D eigenvalue weighted by atomic mass is 16.6. The Morgan fingerprint density at radius 2 is 1.46 bits per heavy atom. The van der Waals surface area contributed by atoms with Gasteiger partial charge in [0.1, 0.15) is 12.7 Å². The number of aromatic nitrogens is 4. The number of rotatable bonds is 2. The third-order valence-electron chi connectivity index (χ3n) is 2.89. The number of carbonyl (C=O) groups is 4. The fourth-order valence-corrected chi connectivity index (χ4v) is 1.61. The van der Waals surface area contributed by atoms with E-state index in [0.29, 0.717) is 5.69 Å². The smallest absolute Gasteiger partial charge is 0.382 e. The molecule has 24 heavy (non-hydrogen) atoms. The Morgan fingerprint density at radius 3 is 2.00 bits per heavy atom. The summed E-state index contributed by atoms with van der Waals surface area (Å²) in [4.78, 5) is 61.7. The lowest BCUT2D eigenvalue weighted by Crippen LogP contribution is -2.38. The molecule has 0 aliphatic carbocycles. The standard InChI is InChI=1S/C14H11N5O5/c1-7-9(3-15-5-17-7)11(20)19-12(21)14(23)24-13(22)10-4-16-6-18-8(10)2/h3-6H,1-2H3,(H,19,20,21). The van der Waals surface area contributed by atoms with Crippen LogP contribution < -0.4 is 5.32 Å². The minimum atomic E-state index is -1.54. The van der Waals surface area contributed by atoms with Crippen molar-refractivity contribution < 1.29 is 23.9 Å². The Hall–Kier alpha value is -3.56. The molecule has 10 heteroatoms. The van der Waals surface area contributed by atoms with Crippen molar-refractivity contribution in [1.29, 1.82) is 0 Å². The number of hydrogen-bond acceptors (Lipinski definition) is 9. The molecular weight excluding hydrogens is 318 g/mol. The minimum Gasteiger partial charge on any atom is -0.382 e. The number of esters is 2. The molecule has 0 unspecified atom stereocenters. The largest absolute Gasteiger partial charge is 0.405 e. The Kier molecular flexibility index (Phi) is 5.00. The fraction of sp³-hybridized carbons (Fsp3) is 0.143. The second kappa shape index (κ2) is 7.13. The van der Waals surface area contributed by atoms with E-state index in [9.17, 15) is 19.2 Å². The molecule has 2 aromatic rings. The first-order chi connectivity index (χ1) is 11.4. The van der Waals surface area contributed by atoms with Crippen LogP contribution in [0.2, 0.25) is 0 Å². The van der Waals surface area contributed by atoms with Crippen molar-refractivity contribution in [1.82, 2.24) is 25.3 Å². The van der Waals surface area contributed by atoms with Crippen molar-refractivity contribution in [3.8, 4) is 0 Å². The van der Waals surface area contributed by atoms with E-state index in [-0.39, 0.29) is 16.8 Å². The van der Waals surface area contributed by atoms with Gasteiger partial charge < -0.3 is 4.74 Å². The Balaban J connectivity index is 2.01. The van der Waals surface area contributed by atoms with Gasteiger partial charge in [-0.3, -0.25) is 14.9 Å². The lowest BCUT2D eigenvalue weighted by Gasteiger charge is -2.06. The van der Waals surface area contributed by atoms with Gasteiger partial charge in [0, 0.05) is 12.4 Å². The third kappa shape index (κ3) is 3.80. The summed E-state index contributed by atoms with van der Waals surface area (Å²) in [5, 5.41) is 1.79. The molecule has 2 rings (SSSR count). The predicted octanol–water partition coefficient (Wildman–Crippen LogP) is -0.477. The topological polar surface area (TPSA) is 141 Å². The first-order valence-electron chi connectivity index (χ1n) is 6.55. The van der Waals surface area contributed by atoms with E-state index in [0.717, 1.165) is 6.20 Å². The van der Waals surface area contributed by atoms with Crippen LogP contribution in [0.25, 0.3) is 0 Å². The van der Waals surface area contributed by atoms with Crippen LogP contribution in [0.4, 0.5) is 0 Å². The van der Waals surface area contributed by atoms with Crippen LogP contribution in [0.1, 0.15) is 32.1 Å². The molecule has 2 heterocycles. The normalized spacial score (nSPS) is 9.92.